The molecule has 0 aromatic carbocycles. The maximum Gasteiger partial charge on any atom is 0.0604 e. The van der Waals surface area contributed by atoms with Crippen LogP contribution >= 0.6 is 0 Å². The number of hydrogen-bond donors (Lipinski definition) is 1. The average Bonchev–Trinajstić information content (AvgIpc) is 2.83. The second kappa shape index (κ2) is 11.3. The Morgan fingerprint density at radius 1 is 0.812 bits per heavy atom. The van der Waals surface area contributed by atoms with Crippen molar-refractivity contribution in [1.82, 2.24) is 25.2 Å². The third-order valence-corrected chi connectivity index (χ3v) is 6.54. The van der Waals surface area contributed by atoms with Gasteiger partial charge in [-0.3, -0.25) is 19.9 Å². The normalized spacial score (nSPS) is 19.2. The molecule has 0 unspecified atom stereocenters. The SMILES string of the molecule is Cc1cccnc1[C@H]1CCC[C@@H](c2ncccc2C)N1CCCCNCc1ccccn1. The molecule has 1 fully saturated rings. The summed E-state index contributed by atoms with van der Waals surface area (Å²) >= 11 is 0. The van der Waals surface area contributed by atoms with Gasteiger partial charge in [-0.05, 0) is 94.4 Å². The summed E-state index contributed by atoms with van der Waals surface area (Å²) in [6, 6.07) is 15.3. The lowest BCUT2D eigenvalue weighted by Gasteiger charge is -2.42. The zero-order chi connectivity index (χ0) is 22.2. The van der Waals surface area contributed by atoms with Crippen molar-refractivity contribution < 1.29 is 0 Å². The van der Waals surface area contributed by atoms with Crippen LogP contribution in [0.1, 0.15) is 72.4 Å². The van der Waals surface area contributed by atoms with Crippen LogP contribution in [0.4, 0.5) is 0 Å². The summed E-state index contributed by atoms with van der Waals surface area (Å²) in [5.41, 5.74) is 6.15. The largest absolute Gasteiger partial charge is 0.311 e. The van der Waals surface area contributed by atoms with Gasteiger partial charge in [0.1, 0.15) is 0 Å². The summed E-state index contributed by atoms with van der Waals surface area (Å²) in [4.78, 5) is 16.7. The van der Waals surface area contributed by atoms with Gasteiger partial charge in [-0.1, -0.05) is 18.2 Å². The second-order valence-electron chi connectivity index (χ2n) is 8.82. The number of aromatic nitrogens is 3. The van der Waals surface area contributed by atoms with Crippen molar-refractivity contribution in [2.24, 2.45) is 0 Å². The lowest BCUT2D eigenvalue weighted by atomic mass is 9.88. The molecule has 4 heterocycles. The number of aryl methyl sites for hydroxylation is 2. The van der Waals surface area contributed by atoms with Crippen molar-refractivity contribution in [1.29, 1.82) is 0 Å². The summed E-state index contributed by atoms with van der Waals surface area (Å²) in [6.45, 7) is 7.28. The smallest absolute Gasteiger partial charge is 0.0604 e. The fourth-order valence-corrected chi connectivity index (χ4v) is 4.91. The molecule has 0 spiro atoms. The Morgan fingerprint density at radius 3 is 2.06 bits per heavy atom. The zero-order valence-corrected chi connectivity index (χ0v) is 19.4. The number of unbranched alkanes of at least 4 members (excludes halogenated alkanes) is 1. The van der Waals surface area contributed by atoms with Crippen molar-refractivity contribution >= 4 is 0 Å². The minimum atomic E-state index is 0.359. The number of piperidine rings is 1. The quantitative estimate of drug-likeness (QED) is 0.466. The van der Waals surface area contributed by atoms with Crippen molar-refractivity contribution in [3.8, 4) is 0 Å². The van der Waals surface area contributed by atoms with Gasteiger partial charge < -0.3 is 5.32 Å². The highest BCUT2D eigenvalue weighted by Crippen LogP contribution is 2.42. The van der Waals surface area contributed by atoms with Gasteiger partial charge in [0, 0.05) is 25.1 Å². The molecule has 1 N–H and O–H groups in total. The molecule has 5 heteroatoms. The maximum absolute atomic E-state index is 4.81. The molecule has 168 valence electrons. The fraction of sp³-hybridized carbons (Fsp3) is 0.444. The first-order valence-electron chi connectivity index (χ1n) is 11.9. The average molecular weight is 430 g/mol. The fourth-order valence-electron chi connectivity index (χ4n) is 4.91. The van der Waals surface area contributed by atoms with Crippen LogP contribution < -0.4 is 5.32 Å². The predicted molar refractivity (Wildman–Crippen MR) is 129 cm³/mol. The van der Waals surface area contributed by atoms with E-state index >= 15 is 0 Å². The van der Waals surface area contributed by atoms with Gasteiger partial charge in [0.15, 0.2) is 0 Å². The minimum Gasteiger partial charge on any atom is -0.311 e. The third-order valence-electron chi connectivity index (χ3n) is 6.54. The van der Waals surface area contributed by atoms with Crippen LogP contribution in [0.25, 0.3) is 0 Å². The highest BCUT2D eigenvalue weighted by molar-refractivity contribution is 5.26. The third kappa shape index (κ3) is 5.59. The summed E-state index contributed by atoms with van der Waals surface area (Å²) in [7, 11) is 0. The number of hydrogen-bond acceptors (Lipinski definition) is 5. The molecular formula is C27H35N5. The van der Waals surface area contributed by atoms with Crippen molar-refractivity contribution in [3.63, 3.8) is 0 Å². The molecule has 32 heavy (non-hydrogen) atoms. The van der Waals surface area contributed by atoms with Crippen LogP contribution in [0.15, 0.2) is 61.1 Å². The van der Waals surface area contributed by atoms with E-state index in [1.807, 2.05) is 42.9 Å². The summed E-state index contributed by atoms with van der Waals surface area (Å²) in [6.07, 6.45) is 11.6. The second-order valence-corrected chi connectivity index (χ2v) is 8.82. The Bertz CT molecular complexity index is 921. The first-order valence-corrected chi connectivity index (χ1v) is 11.9. The minimum absolute atomic E-state index is 0.359. The molecule has 2 atom stereocenters. The van der Waals surface area contributed by atoms with E-state index in [1.165, 1.54) is 28.9 Å². The molecule has 3 aromatic heterocycles. The Hall–Kier alpha value is -2.63. The van der Waals surface area contributed by atoms with Crippen molar-refractivity contribution in [2.75, 3.05) is 13.1 Å². The molecule has 0 bridgehead atoms. The molecule has 1 aliphatic rings. The molecule has 1 aliphatic heterocycles. The molecule has 3 aromatic rings. The Labute approximate surface area is 192 Å². The molecule has 4 rings (SSSR count). The van der Waals surface area contributed by atoms with E-state index < -0.39 is 0 Å². The predicted octanol–water partition coefficient (Wildman–Crippen LogP) is 5.33. The van der Waals surface area contributed by atoms with Crippen LogP contribution in [0.2, 0.25) is 0 Å². The van der Waals surface area contributed by atoms with E-state index in [4.69, 9.17) is 9.97 Å². The monoisotopic (exact) mass is 429 g/mol. The number of rotatable bonds is 9. The highest BCUT2D eigenvalue weighted by Gasteiger charge is 2.34. The van der Waals surface area contributed by atoms with Crippen LogP contribution in [0.5, 0.6) is 0 Å². The molecule has 0 amide bonds. The molecular weight excluding hydrogens is 394 g/mol. The van der Waals surface area contributed by atoms with Crippen LogP contribution in [0.3, 0.4) is 0 Å². The molecule has 0 radical (unpaired) electrons. The lowest BCUT2D eigenvalue weighted by Crippen LogP contribution is -2.38. The number of nitrogens with zero attached hydrogens (tertiary/aromatic N) is 4. The van der Waals surface area contributed by atoms with E-state index in [1.54, 1.807) is 0 Å². The number of pyridine rings is 3. The van der Waals surface area contributed by atoms with Gasteiger partial charge in [0.2, 0.25) is 0 Å². The van der Waals surface area contributed by atoms with E-state index in [0.717, 1.165) is 51.0 Å². The topological polar surface area (TPSA) is 53.9 Å². The van der Waals surface area contributed by atoms with Gasteiger partial charge in [-0.15, -0.1) is 0 Å². The first kappa shape index (κ1) is 22.6. The van der Waals surface area contributed by atoms with Crippen LogP contribution in [-0.4, -0.2) is 32.9 Å². The van der Waals surface area contributed by atoms with E-state index in [9.17, 15) is 0 Å². The molecule has 1 saturated heterocycles. The number of nitrogens with one attached hydrogen (secondary N) is 1. The summed E-state index contributed by atoms with van der Waals surface area (Å²) in [5, 5.41) is 3.54. The first-order chi connectivity index (χ1) is 15.7. The van der Waals surface area contributed by atoms with Crippen molar-refractivity contribution in [3.05, 3.63) is 89.3 Å². The van der Waals surface area contributed by atoms with Gasteiger partial charge >= 0.3 is 0 Å². The van der Waals surface area contributed by atoms with Gasteiger partial charge in [-0.2, -0.15) is 0 Å². The highest BCUT2D eigenvalue weighted by atomic mass is 15.2. The Morgan fingerprint density at radius 2 is 1.47 bits per heavy atom. The summed E-state index contributed by atoms with van der Waals surface area (Å²) < 4.78 is 0. The van der Waals surface area contributed by atoms with E-state index in [-0.39, 0.29) is 0 Å². The van der Waals surface area contributed by atoms with Crippen LogP contribution in [0, 0.1) is 13.8 Å². The molecule has 0 aliphatic carbocycles. The van der Waals surface area contributed by atoms with Gasteiger partial charge in [0.05, 0.1) is 29.2 Å². The standard InChI is InChI=1S/C27H35N5/c1-21-10-8-17-30-26(21)24-13-7-14-25(27-22(2)11-9-18-31-27)32(24)19-6-5-15-28-20-23-12-3-4-16-29-23/h3-4,8-12,16-18,24-25,28H,5-7,13-15,19-20H2,1-2H3/t24-,25+. The Balaban J connectivity index is 1.43. The Kier molecular flexibility index (Phi) is 7.97. The molecule has 5 nitrogen and oxygen atoms in total. The maximum atomic E-state index is 4.81. The van der Waals surface area contributed by atoms with E-state index in [0.29, 0.717) is 12.1 Å². The van der Waals surface area contributed by atoms with Gasteiger partial charge in [-0.25, -0.2) is 0 Å². The van der Waals surface area contributed by atoms with E-state index in [2.05, 4.69) is 47.2 Å². The number of likely N-dealkylation sites (tertiary alicyclic amines) is 1. The lowest BCUT2D eigenvalue weighted by molar-refractivity contribution is 0.0743. The molecule has 0 saturated carbocycles. The zero-order valence-electron chi connectivity index (χ0n) is 19.4. The summed E-state index contributed by atoms with van der Waals surface area (Å²) in [5.74, 6) is 0. The van der Waals surface area contributed by atoms with Crippen molar-refractivity contribution in [2.45, 2.75) is 64.6 Å². The van der Waals surface area contributed by atoms with Gasteiger partial charge in [0.25, 0.3) is 0 Å². The van der Waals surface area contributed by atoms with Crippen LogP contribution in [-0.2, 0) is 6.54 Å².